The van der Waals surface area contributed by atoms with Crippen LogP contribution >= 0.6 is 11.8 Å². The highest BCUT2D eigenvalue weighted by Crippen LogP contribution is 2.26. The van der Waals surface area contributed by atoms with Gasteiger partial charge in [0.05, 0.1) is 0 Å². The number of nitrogens with zero attached hydrogens (tertiary/aromatic N) is 3. The lowest BCUT2D eigenvalue weighted by atomic mass is 10.3. The zero-order valence-corrected chi connectivity index (χ0v) is 9.13. The molecular weight excluding hydrogens is 182 g/mol. The van der Waals surface area contributed by atoms with Gasteiger partial charge in [0.2, 0.25) is 0 Å². The Balaban J connectivity index is 1.88. The van der Waals surface area contributed by atoms with Crippen molar-refractivity contribution in [2.75, 3.05) is 40.3 Å². The largest absolute Gasteiger partial charge is 0.356 e. The van der Waals surface area contributed by atoms with Crippen LogP contribution in [-0.2, 0) is 0 Å². The van der Waals surface area contributed by atoms with E-state index in [-0.39, 0.29) is 0 Å². The second-order valence-corrected chi connectivity index (χ2v) is 4.72. The third kappa shape index (κ3) is 2.00. The van der Waals surface area contributed by atoms with Gasteiger partial charge in [0, 0.05) is 39.4 Å². The van der Waals surface area contributed by atoms with E-state index in [9.17, 15) is 0 Å². The Morgan fingerprint density at radius 2 is 1.85 bits per heavy atom. The van der Waals surface area contributed by atoms with Gasteiger partial charge in [-0.05, 0) is 12.5 Å². The lowest BCUT2D eigenvalue weighted by molar-refractivity contribution is 0.0991. The molecule has 0 bridgehead atoms. The molecule has 1 saturated heterocycles. The molecule has 2 heterocycles. The number of hydrogen-bond acceptors (Lipinski definition) is 4. The van der Waals surface area contributed by atoms with E-state index in [1.54, 1.807) is 0 Å². The zero-order chi connectivity index (χ0) is 9.26. The van der Waals surface area contributed by atoms with E-state index in [1.807, 2.05) is 11.8 Å². The van der Waals surface area contributed by atoms with Crippen molar-refractivity contribution in [3.05, 3.63) is 11.6 Å². The Labute approximate surface area is 84.4 Å². The minimum Gasteiger partial charge on any atom is -0.356 e. The van der Waals surface area contributed by atoms with E-state index in [4.69, 9.17) is 0 Å². The van der Waals surface area contributed by atoms with E-state index in [2.05, 4.69) is 40.4 Å². The predicted octanol–water partition coefficient (Wildman–Crippen LogP) is 0.667. The third-order valence-electron chi connectivity index (χ3n) is 2.69. The van der Waals surface area contributed by atoms with Gasteiger partial charge in [0.1, 0.15) is 5.50 Å². The third-order valence-corrected chi connectivity index (χ3v) is 3.85. The van der Waals surface area contributed by atoms with Gasteiger partial charge in [-0.2, -0.15) is 0 Å². The highest BCUT2D eigenvalue weighted by Gasteiger charge is 2.26. The molecule has 0 aromatic rings. The predicted molar refractivity (Wildman–Crippen MR) is 57.4 cm³/mol. The van der Waals surface area contributed by atoms with Crippen LogP contribution in [0.1, 0.15) is 0 Å². The molecule has 0 aliphatic carbocycles. The van der Waals surface area contributed by atoms with Gasteiger partial charge in [0.25, 0.3) is 0 Å². The molecule has 13 heavy (non-hydrogen) atoms. The van der Waals surface area contributed by atoms with Gasteiger partial charge in [-0.25, -0.2) is 0 Å². The number of piperazine rings is 1. The molecule has 0 aromatic heterocycles. The SMILES string of the molecule is CN1CCN(C2SC=CN2C)CC1. The summed E-state index contributed by atoms with van der Waals surface area (Å²) in [7, 11) is 4.35. The van der Waals surface area contributed by atoms with Crippen LogP contribution in [-0.4, -0.2) is 60.5 Å². The van der Waals surface area contributed by atoms with Gasteiger partial charge in [0.15, 0.2) is 0 Å². The molecule has 4 heteroatoms. The van der Waals surface area contributed by atoms with Gasteiger partial charge in [-0.3, -0.25) is 4.90 Å². The van der Waals surface area contributed by atoms with Crippen LogP contribution in [0.5, 0.6) is 0 Å². The average molecular weight is 199 g/mol. The first-order valence-electron chi connectivity index (χ1n) is 4.74. The number of likely N-dealkylation sites (N-methyl/N-ethyl adjacent to an activating group) is 1. The van der Waals surface area contributed by atoms with Gasteiger partial charge in [-0.1, -0.05) is 11.8 Å². The van der Waals surface area contributed by atoms with Crippen molar-refractivity contribution in [3.63, 3.8) is 0 Å². The fraction of sp³-hybridized carbons (Fsp3) is 0.778. The van der Waals surface area contributed by atoms with Crippen molar-refractivity contribution in [1.29, 1.82) is 0 Å². The Kier molecular flexibility index (Phi) is 2.81. The molecule has 0 saturated carbocycles. The molecule has 2 rings (SSSR count). The van der Waals surface area contributed by atoms with Crippen molar-refractivity contribution in [2.45, 2.75) is 5.50 Å². The second kappa shape index (κ2) is 3.90. The summed E-state index contributed by atoms with van der Waals surface area (Å²) in [5.74, 6) is 0. The molecule has 2 aliphatic rings. The second-order valence-electron chi connectivity index (χ2n) is 3.75. The van der Waals surface area contributed by atoms with Crippen molar-refractivity contribution in [1.82, 2.24) is 14.7 Å². The molecule has 1 unspecified atom stereocenters. The maximum Gasteiger partial charge on any atom is 0.134 e. The monoisotopic (exact) mass is 199 g/mol. The van der Waals surface area contributed by atoms with Crippen LogP contribution in [0, 0.1) is 0 Å². The summed E-state index contributed by atoms with van der Waals surface area (Å²) < 4.78 is 0. The van der Waals surface area contributed by atoms with Gasteiger partial charge < -0.3 is 9.80 Å². The molecule has 0 N–H and O–H groups in total. The Bertz CT molecular complexity index is 199. The number of hydrogen-bond donors (Lipinski definition) is 0. The van der Waals surface area contributed by atoms with Crippen molar-refractivity contribution < 1.29 is 0 Å². The number of thioether (sulfide) groups is 1. The Hall–Kier alpha value is -0.190. The Morgan fingerprint density at radius 3 is 2.38 bits per heavy atom. The van der Waals surface area contributed by atoms with Crippen LogP contribution in [0.2, 0.25) is 0 Å². The smallest absolute Gasteiger partial charge is 0.134 e. The van der Waals surface area contributed by atoms with E-state index in [0.29, 0.717) is 5.50 Å². The minimum atomic E-state index is 0.550. The van der Waals surface area contributed by atoms with Gasteiger partial charge >= 0.3 is 0 Å². The minimum absolute atomic E-state index is 0.550. The first-order valence-corrected chi connectivity index (χ1v) is 5.68. The molecule has 0 amide bonds. The molecule has 1 atom stereocenters. The maximum atomic E-state index is 2.55. The van der Waals surface area contributed by atoms with E-state index in [0.717, 1.165) is 0 Å². The lowest BCUT2D eigenvalue weighted by Crippen LogP contribution is -2.50. The van der Waals surface area contributed by atoms with Crippen LogP contribution in [0.25, 0.3) is 0 Å². The lowest BCUT2D eigenvalue weighted by Gasteiger charge is -2.38. The molecule has 1 fully saturated rings. The summed E-state index contributed by atoms with van der Waals surface area (Å²) in [4.78, 5) is 7.23. The van der Waals surface area contributed by atoms with Crippen molar-refractivity contribution in [3.8, 4) is 0 Å². The van der Waals surface area contributed by atoms with Crippen LogP contribution in [0.4, 0.5) is 0 Å². The van der Waals surface area contributed by atoms with Crippen LogP contribution in [0.3, 0.4) is 0 Å². The van der Waals surface area contributed by atoms with Crippen LogP contribution < -0.4 is 0 Å². The fourth-order valence-corrected chi connectivity index (χ4v) is 2.81. The summed E-state index contributed by atoms with van der Waals surface area (Å²) in [6, 6.07) is 0. The first-order chi connectivity index (χ1) is 6.27. The number of rotatable bonds is 1. The molecular formula is C9H17N3S. The summed E-state index contributed by atoms with van der Waals surface area (Å²) in [5.41, 5.74) is 0.550. The van der Waals surface area contributed by atoms with Crippen molar-refractivity contribution in [2.24, 2.45) is 0 Å². The van der Waals surface area contributed by atoms with E-state index < -0.39 is 0 Å². The molecule has 0 radical (unpaired) electrons. The summed E-state index contributed by atoms with van der Waals surface area (Å²) in [6.07, 6.45) is 2.16. The molecule has 0 spiro atoms. The summed E-state index contributed by atoms with van der Waals surface area (Å²) >= 11 is 1.91. The van der Waals surface area contributed by atoms with Crippen molar-refractivity contribution >= 4 is 11.8 Å². The first kappa shape index (κ1) is 9.37. The average Bonchev–Trinajstić information content (AvgIpc) is 2.53. The van der Waals surface area contributed by atoms with Gasteiger partial charge in [-0.15, -0.1) is 0 Å². The molecule has 0 aromatic carbocycles. The topological polar surface area (TPSA) is 9.72 Å². The normalized spacial score (nSPS) is 31.5. The fourth-order valence-electron chi connectivity index (χ4n) is 1.76. The highest BCUT2D eigenvalue weighted by molar-refractivity contribution is 8.02. The Morgan fingerprint density at radius 1 is 1.15 bits per heavy atom. The van der Waals surface area contributed by atoms with Crippen LogP contribution in [0.15, 0.2) is 11.6 Å². The van der Waals surface area contributed by atoms with E-state index in [1.165, 1.54) is 26.2 Å². The standard InChI is InChI=1S/C9H17N3S/c1-10-3-5-12(6-4-10)9-11(2)7-8-13-9/h7-9H,3-6H2,1-2H3. The molecule has 2 aliphatic heterocycles. The maximum absolute atomic E-state index is 2.55. The van der Waals surface area contributed by atoms with E-state index >= 15 is 0 Å². The zero-order valence-electron chi connectivity index (χ0n) is 8.31. The molecule has 74 valence electrons. The summed E-state index contributed by atoms with van der Waals surface area (Å²) in [6.45, 7) is 4.79. The highest BCUT2D eigenvalue weighted by atomic mass is 32.2. The molecule has 3 nitrogen and oxygen atoms in total. The summed E-state index contributed by atoms with van der Waals surface area (Å²) in [5, 5.41) is 2.18. The quantitative estimate of drug-likeness (QED) is 0.614.